The number of likely N-dealkylation sites (tertiary alicyclic amines) is 1. The highest BCUT2D eigenvalue weighted by atomic mass is 16.5. The summed E-state index contributed by atoms with van der Waals surface area (Å²) < 4.78 is 7.96. The molecule has 2 N–H and O–H groups in total. The van der Waals surface area contributed by atoms with Gasteiger partial charge in [0.2, 0.25) is 0 Å². The van der Waals surface area contributed by atoms with Gasteiger partial charge in [-0.15, -0.1) is 10.2 Å². The molecule has 2 atom stereocenters. The van der Waals surface area contributed by atoms with Gasteiger partial charge in [0, 0.05) is 38.7 Å². The monoisotopic (exact) mass is 391 g/mol. The molecule has 0 aromatic carbocycles. The lowest BCUT2D eigenvalue weighted by atomic mass is 10.1. The van der Waals surface area contributed by atoms with Crippen LogP contribution in [-0.4, -0.2) is 77.1 Å². The Bertz CT molecular complexity index is 597. The van der Waals surface area contributed by atoms with Crippen molar-refractivity contribution in [1.82, 2.24) is 30.3 Å². The van der Waals surface area contributed by atoms with E-state index in [1.54, 1.807) is 6.33 Å². The Kier molecular flexibility index (Phi) is 8.54. The van der Waals surface area contributed by atoms with Crippen molar-refractivity contribution >= 4 is 5.96 Å². The lowest BCUT2D eigenvalue weighted by Gasteiger charge is -2.25. The number of aromatic nitrogens is 3. The van der Waals surface area contributed by atoms with Crippen LogP contribution in [-0.2, 0) is 17.7 Å². The zero-order valence-corrected chi connectivity index (χ0v) is 17.6. The SMILES string of the molecule is CCc1nncn1CCNC(=NCC1CCCN1CC)NCC1CCCCO1. The third-order valence-corrected chi connectivity index (χ3v) is 5.79. The Morgan fingerprint density at radius 3 is 2.96 bits per heavy atom. The predicted octanol–water partition coefficient (Wildman–Crippen LogP) is 1.43. The van der Waals surface area contributed by atoms with Gasteiger partial charge in [-0.3, -0.25) is 9.89 Å². The highest BCUT2D eigenvalue weighted by molar-refractivity contribution is 5.79. The second-order valence-electron chi connectivity index (χ2n) is 7.70. The van der Waals surface area contributed by atoms with Crippen molar-refractivity contribution in [1.29, 1.82) is 0 Å². The molecular weight excluding hydrogens is 354 g/mol. The summed E-state index contributed by atoms with van der Waals surface area (Å²) in [6, 6.07) is 0.569. The quantitative estimate of drug-likeness (QED) is 0.490. The first kappa shape index (κ1) is 21.0. The van der Waals surface area contributed by atoms with E-state index in [4.69, 9.17) is 9.73 Å². The van der Waals surface area contributed by atoms with E-state index >= 15 is 0 Å². The molecule has 0 spiro atoms. The normalized spacial score (nSPS) is 23.9. The predicted molar refractivity (Wildman–Crippen MR) is 112 cm³/mol. The van der Waals surface area contributed by atoms with Gasteiger partial charge >= 0.3 is 0 Å². The molecule has 8 heteroatoms. The summed E-state index contributed by atoms with van der Waals surface area (Å²) in [5.74, 6) is 1.91. The summed E-state index contributed by atoms with van der Waals surface area (Å²) in [4.78, 5) is 7.44. The van der Waals surface area contributed by atoms with Crippen LogP contribution in [0.25, 0.3) is 0 Å². The van der Waals surface area contributed by atoms with Gasteiger partial charge in [0.15, 0.2) is 5.96 Å². The Morgan fingerprint density at radius 1 is 1.25 bits per heavy atom. The zero-order valence-electron chi connectivity index (χ0n) is 17.6. The first-order valence-corrected chi connectivity index (χ1v) is 11.0. The van der Waals surface area contributed by atoms with Gasteiger partial charge in [-0.05, 0) is 45.2 Å². The van der Waals surface area contributed by atoms with Gasteiger partial charge in [0.05, 0.1) is 12.6 Å². The fourth-order valence-electron chi connectivity index (χ4n) is 4.10. The van der Waals surface area contributed by atoms with Crippen molar-refractivity contribution in [2.75, 3.05) is 39.3 Å². The summed E-state index contributed by atoms with van der Waals surface area (Å²) in [7, 11) is 0. The largest absolute Gasteiger partial charge is 0.376 e. The number of ether oxygens (including phenoxy) is 1. The summed E-state index contributed by atoms with van der Waals surface area (Å²) in [5, 5.41) is 15.2. The number of hydrogen-bond donors (Lipinski definition) is 2. The highest BCUT2D eigenvalue weighted by Gasteiger charge is 2.22. The maximum absolute atomic E-state index is 5.86. The van der Waals surface area contributed by atoms with E-state index < -0.39 is 0 Å². The van der Waals surface area contributed by atoms with E-state index in [1.165, 1.54) is 32.2 Å². The van der Waals surface area contributed by atoms with Gasteiger partial charge in [-0.25, -0.2) is 0 Å². The molecule has 0 bridgehead atoms. The summed E-state index contributed by atoms with van der Waals surface area (Å²) in [5.41, 5.74) is 0. The van der Waals surface area contributed by atoms with Crippen LogP contribution in [0.5, 0.6) is 0 Å². The van der Waals surface area contributed by atoms with Crippen LogP contribution in [0.15, 0.2) is 11.3 Å². The number of likely N-dealkylation sites (N-methyl/N-ethyl adjacent to an activating group) is 1. The molecule has 2 saturated heterocycles. The molecule has 0 radical (unpaired) electrons. The van der Waals surface area contributed by atoms with Crippen LogP contribution in [0.3, 0.4) is 0 Å². The second kappa shape index (κ2) is 11.4. The van der Waals surface area contributed by atoms with E-state index in [9.17, 15) is 0 Å². The average molecular weight is 392 g/mol. The first-order valence-electron chi connectivity index (χ1n) is 11.0. The van der Waals surface area contributed by atoms with E-state index in [-0.39, 0.29) is 0 Å². The molecule has 1 aromatic heterocycles. The van der Waals surface area contributed by atoms with Crippen LogP contribution in [0.1, 0.15) is 51.8 Å². The van der Waals surface area contributed by atoms with Gasteiger partial charge in [-0.2, -0.15) is 0 Å². The molecule has 3 heterocycles. The van der Waals surface area contributed by atoms with Crippen molar-refractivity contribution in [3.8, 4) is 0 Å². The molecule has 8 nitrogen and oxygen atoms in total. The van der Waals surface area contributed by atoms with Crippen molar-refractivity contribution in [2.24, 2.45) is 4.99 Å². The smallest absolute Gasteiger partial charge is 0.191 e. The number of rotatable bonds is 9. The molecule has 0 saturated carbocycles. The molecule has 2 fully saturated rings. The van der Waals surface area contributed by atoms with Crippen molar-refractivity contribution in [3.63, 3.8) is 0 Å². The molecule has 2 unspecified atom stereocenters. The average Bonchev–Trinajstić information content (AvgIpc) is 3.39. The Balaban J connectivity index is 1.52. The molecule has 0 amide bonds. The van der Waals surface area contributed by atoms with Crippen LogP contribution in [0.4, 0.5) is 0 Å². The fourth-order valence-corrected chi connectivity index (χ4v) is 4.10. The van der Waals surface area contributed by atoms with Crippen molar-refractivity contribution in [2.45, 2.75) is 71.1 Å². The first-order chi connectivity index (χ1) is 13.8. The Labute approximate surface area is 169 Å². The lowest BCUT2D eigenvalue weighted by molar-refractivity contribution is 0.0194. The van der Waals surface area contributed by atoms with Gasteiger partial charge in [-0.1, -0.05) is 13.8 Å². The van der Waals surface area contributed by atoms with Crippen molar-refractivity contribution in [3.05, 3.63) is 12.2 Å². The van der Waals surface area contributed by atoms with E-state index in [2.05, 4.69) is 44.1 Å². The van der Waals surface area contributed by atoms with Crippen LogP contribution < -0.4 is 10.6 Å². The molecule has 1 aromatic rings. The third kappa shape index (κ3) is 6.17. The minimum absolute atomic E-state index is 0.295. The van der Waals surface area contributed by atoms with E-state index in [0.717, 1.165) is 64.0 Å². The standard InChI is InChI=1S/C20H37N7O/c1-3-19-25-24-16-27(19)12-10-21-20(23-15-18-9-5-6-13-28-18)22-14-17-8-7-11-26(17)4-2/h16-18H,3-15H2,1-2H3,(H2,21,22,23). The van der Waals surface area contributed by atoms with Gasteiger partial charge in [0.25, 0.3) is 0 Å². The van der Waals surface area contributed by atoms with Crippen LogP contribution >= 0.6 is 0 Å². The molecule has 28 heavy (non-hydrogen) atoms. The highest BCUT2D eigenvalue weighted by Crippen LogP contribution is 2.16. The third-order valence-electron chi connectivity index (χ3n) is 5.79. The van der Waals surface area contributed by atoms with Crippen LogP contribution in [0, 0.1) is 0 Å². The summed E-state index contributed by atoms with van der Waals surface area (Å²) >= 11 is 0. The number of guanidine groups is 1. The molecule has 158 valence electrons. The van der Waals surface area contributed by atoms with Crippen molar-refractivity contribution < 1.29 is 4.74 Å². The fraction of sp³-hybridized carbons (Fsp3) is 0.850. The number of aliphatic imine (C=N–C) groups is 1. The van der Waals surface area contributed by atoms with Gasteiger partial charge in [0.1, 0.15) is 12.2 Å². The maximum Gasteiger partial charge on any atom is 0.191 e. The topological polar surface area (TPSA) is 79.6 Å². The number of nitrogens with one attached hydrogen (secondary N) is 2. The summed E-state index contributed by atoms with van der Waals surface area (Å²) in [6.45, 7) is 10.8. The van der Waals surface area contributed by atoms with E-state index in [1.807, 2.05) is 0 Å². The Morgan fingerprint density at radius 2 is 2.18 bits per heavy atom. The van der Waals surface area contributed by atoms with Crippen LogP contribution in [0.2, 0.25) is 0 Å². The summed E-state index contributed by atoms with van der Waals surface area (Å²) in [6.07, 6.45) is 9.10. The maximum atomic E-state index is 5.86. The molecule has 3 rings (SSSR count). The molecule has 2 aliphatic rings. The lowest BCUT2D eigenvalue weighted by Crippen LogP contribution is -2.44. The number of nitrogens with zero attached hydrogens (tertiary/aromatic N) is 5. The minimum Gasteiger partial charge on any atom is -0.376 e. The Hall–Kier alpha value is -1.67. The molecule has 0 aliphatic carbocycles. The zero-order chi connectivity index (χ0) is 19.6. The van der Waals surface area contributed by atoms with E-state index in [0.29, 0.717) is 12.1 Å². The molecule has 2 aliphatic heterocycles. The minimum atomic E-state index is 0.295. The number of aryl methyl sites for hydroxylation is 1. The van der Waals surface area contributed by atoms with Gasteiger partial charge < -0.3 is 19.9 Å². The second-order valence-corrected chi connectivity index (χ2v) is 7.70. The molecular formula is C20H37N7O. The number of hydrogen-bond acceptors (Lipinski definition) is 5.